The summed E-state index contributed by atoms with van der Waals surface area (Å²) >= 11 is 4.84. The third-order valence-corrected chi connectivity index (χ3v) is 3.43. The molecule has 0 saturated carbocycles. The van der Waals surface area contributed by atoms with Crippen molar-refractivity contribution < 1.29 is 9.63 Å². The quantitative estimate of drug-likeness (QED) is 0.896. The van der Waals surface area contributed by atoms with Crippen molar-refractivity contribution in [1.29, 1.82) is 0 Å². The van der Waals surface area contributed by atoms with Crippen LogP contribution < -0.4 is 5.73 Å². The molecule has 0 amide bonds. The van der Waals surface area contributed by atoms with Crippen LogP contribution in [0.25, 0.3) is 10.7 Å². The molecule has 0 aliphatic carbocycles. The summed E-state index contributed by atoms with van der Waals surface area (Å²) in [6, 6.07) is 1.28. The smallest absolute Gasteiger partial charge is 0.246 e. The largest absolute Gasteiger partial charge is 0.394 e. The number of hydrogen-bond acceptors (Lipinski definition) is 6. The molecule has 2 aromatic heterocycles. The lowest BCUT2D eigenvalue weighted by molar-refractivity contribution is 0.237. The molecule has 0 saturated heterocycles. The highest BCUT2D eigenvalue weighted by Crippen LogP contribution is 2.28. The second kappa shape index (κ2) is 4.40. The van der Waals surface area contributed by atoms with E-state index in [1.54, 1.807) is 0 Å². The van der Waals surface area contributed by atoms with Gasteiger partial charge in [0.2, 0.25) is 11.7 Å². The van der Waals surface area contributed by atoms with Crippen LogP contribution in [0.15, 0.2) is 20.4 Å². The SMILES string of the molecule is NC(CO)c1nc(-c2cc(Br)cs2)no1. The number of rotatable bonds is 3. The van der Waals surface area contributed by atoms with Crippen molar-refractivity contribution in [2.24, 2.45) is 5.73 Å². The maximum Gasteiger partial charge on any atom is 0.246 e. The molecule has 0 aliphatic heterocycles. The first-order valence-electron chi connectivity index (χ1n) is 4.15. The molecule has 1 unspecified atom stereocenters. The van der Waals surface area contributed by atoms with Gasteiger partial charge in [0.05, 0.1) is 11.5 Å². The zero-order valence-electron chi connectivity index (χ0n) is 7.55. The number of aliphatic hydroxyl groups excluding tert-OH is 1. The van der Waals surface area contributed by atoms with Crippen molar-refractivity contribution >= 4 is 27.3 Å². The minimum Gasteiger partial charge on any atom is -0.394 e. The Morgan fingerprint density at radius 1 is 1.67 bits per heavy atom. The molecule has 2 heterocycles. The first-order valence-corrected chi connectivity index (χ1v) is 5.82. The fraction of sp³-hybridized carbons (Fsp3) is 0.250. The maximum atomic E-state index is 8.81. The zero-order valence-corrected chi connectivity index (χ0v) is 9.96. The lowest BCUT2D eigenvalue weighted by atomic mass is 10.3. The maximum absolute atomic E-state index is 8.81. The van der Waals surface area contributed by atoms with E-state index in [4.69, 9.17) is 15.4 Å². The molecule has 5 nitrogen and oxygen atoms in total. The van der Waals surface area contributed by atoms with E-state index in [9.17, 15) is 0 Å². The van der Waals surface area contributed by atoms with E-state index < -0.39 is 6.04 Å². The van der Waals surface area contributed by atoms with Crippen LogP contribution in [0.2, 0.25) is 0 Å². The summed E-state index contributed by atoms with van der Waals surface area (Å²) in [5, 5.41) is 14.5. The summed E-state index contributed by atoms with van der Waals surface area (Å²) in [6.07, 6.45) is 0. The topological polar surface area (TPSA) is 85.2 Å². The highest BCUT2D eigenvalue weighted by molar-refractivity contribution is 9.10. The van der Waals surface area contributed by atoms with Crippen LogP contribution in [0.1, 0.15) is 11.9 Å². The monoisotopic (exact) mass is 289 g/mol. The van der Waals surface area contributed by atoms with Gasteiger partial charge in [0.25, 0.3) is 0 Å². The van der Waals surface area contributed by atoms with E-state index in [0.29, 0.717) is 5.82 Å². The van der Waals surface area contributed by atoms with Gasteiger partial charge >= 0.3 is 0 Å². The van der Waals surface area contributed by atoms with Crippen molar-refractivity contribution in [2.75, 3.05) is 6.61 Å². The molecule has 1 atom stereocenters. The minimum absolute atomic E-state index is 0.213. The summed E-state index contributed by atoms with van der Waals surface area (Å²) in [5.74, 6) is 0.738. The highest BCUT2D eigenvalue weighted by atomic mass is 79.9. The Morgan fingerprint density at radius 2 is 2.47 bits per heavy atom. The zero-order chi connectivity index (χ0) is 10.8. The average molecular weight is 290 g/mol. The first kappa shape index (κ1) is 10.7. The van der Waals surface area contributed by atoms with Gasteiger partial charge in [-0.25, -0.2) is 0 Å². The van der Waals surface area contributed by atoms with E-state index in [0.717, 1.165) is 9.35 Å². The molecule has 2 aromatic rings. The van der Waals surface area contributed by atoms with Crippen LogP contribution >= 0.6 is 27.3 Å². The third-order valence-electron chi connectivity index (χ3n) is 1.74. The fourth-order valence-corrected chi connectivity index (χ4v) is 2.35. The number of halogens is 1. The number of aliphatic hydroxyl groups is 1. The Labute approximate surface area is 98.0 Å². The molecule has 3 N–H and O–H groups in total. The fourth-order valence-electron chi connectivity index (χ4n) is 0.994. The molecule has 0 bridgehead atoms. The molecule has 80 valence electrons. The number of nitrogens with zero attached hydrogens (tertiary/aromatic N) is 2. The van der Waals surface area contributed by atoms with Crippen molar-refractivity contribution in [3.8, 4) is 10.7 Å². The van der Waals surface area contributed by atoms with Crippen LogP contribution in [-0.2, 0) is 0 Å². The van der Waals surface area contributed by atoms with E-state index in [1.807, 2.05) is 11.4 Å². The molecular formula is C8H8BrN3O2S. The Hall–Kier alpha value is -0.760. The molecule has 7 heteroatoms. The first-order chi connectivity index (χ1) is 7.20. The Morgan fingerprint density at radius 3 is 3.07 bits per heavy atom. The predicted molar refractivity (Wildman–Crippen MR) is 59.3 cm³/mol. The molecule has 15 heavy (non-hydrogen) atoms. The summed E-state index contributed by atoms with van der Waals surface area (Å²) in [5.41, 5.74) is 5.54. The highest BCUT2D eigenvalue weighted by Gasteiger charge is 2.15. The van der Waals surface area contributed by atoms with Crippen molar-refractivity contribution in [3.05, 3.63) is 21.8 Å². The normalized spacial score (nSPS) is 13.0. The van der Waals surface area contributed by atoms with E-state index >= 15 is 0 Å². The number of aromatic nitrogens is 2. The Bertz CT molecular complexity index is 456. The van der Waals surface area contributed by atoms with Gasteiger partial charge in [-0.2, -0.15) is 4.98 Å². The van der Waals surface area contributed by atoms with Crippen LogP contribution in [0.3, 0.4) is 0 Å². The van der Waals surface area contributed by atoms with Gasteiger partial charge in [0.1, 0.15) is 6.04 Å². The second-order valence-electron chi connectivity index (χ2n) is 2.87. The molecule has 0 fully saturated rings. The van der Waals surface area contributed by atoms with E-state index in [-0.39, 0.29) is 12.5 Å². The van der Waals surface area contributed by atoms with Gasteiger partial charge in [-0.05, 0) is 22.0 Å². The Kier molecular flexibility index (Phi) is 3.15. The van der Waals surface area contributed by atoms with E-state index in [1.165, 1.54) is 11.3 Å². The van der Waals surface area contributed by atoms with Crippen molar-refractivity contribution in [3.63, 3.8) is 0 Å². The van der Waals surface area contributed by atoms with Crippen LogP contribution in [0.5, 0.6) is 0 Å². The molecule has 0 radical (unpaired) electrons. The van der Waals surface area contributed by atoms with Crippen molar-refractivity contribution in [1.82, 2.24) is 10.1 Å². The van der Waals surface area contributed by atoms with Gasteiger partial charge in [0, 0.05) is 9.85 Å². The summed E-state index contributed by atoms with van der Waals surface area (Å²) in [7, 11) is 0. The third kappa shape index (κ3) is 2.25. The van der Waals surface area contributed by atoms with Gasteiger partial charge in [0.15, 0.2) is 0 Å². The summed E-state index contributed by atoms with van der Waals surface area (Å²) in [4.78, 5) is 4.98. The van der Waals surface area contributed by atoms with Gasteiger partial charge in [-0.15, -0.1) is 11.3 Å². The number of hydrogen-bond donors (Lipinski definition) is 2. The average Bonchev–Trinajstić information content (AvgIpc) is 2.84. The molecule has 0 aromatic carbocycles. The van der Waals surface area contributed by atoms with Gasteiger partial charge in [-0.3, -0.25) is 0 Å². The van der Waals surface area contributed by atoms with Crippen LogP contribution in [-0.4, -0.2) is 21.9 Å². The molecule has 0 spiro atoms. The summed E-state index contributed by atoms with van der Waals surface area (Å²) in [6.45, 7) is -0.213. The van der Waals surface area contributed by atoms with Crippen LogP contribution in [0, 0.1) is 0 Å². The lowest BCUT2D eigenvalue weighted by Gasteiger charge is -1.98. The number of thiophene rings is 1. The molecule has 2 rings (SSSR count). The molecular weight excluding hydrogens is 282 g/mol. The lowest BCUT2D eigenvalue weighted by Crippen LogP contribution is -2.14. The van der Waals surface area contributed by atoms with E-state index in [2.05, 4.69) is 26.1 Å². The standard InChI is InChI=1S/C8H8BrN3O2S/c9-4-1-6(15-3-4)7-11-8(14-12-7)5(10)2-13/h1,3,5,13H,2,10H2. The predicted octanol–water partition coefficient (Wildman–Crippen LogP) is 1.55. The van der Waals surface area contributed by atoms with Gasteiger partial charge < -0.3 is 15.4 Å². The molecule has 0 aliphatic rings. The van der Waals surface area contributed by atoms with Crippen molar-refractivity contribution in [2.45, 2.75) is 6.04 Å². The second-order valence-corrected chi connectivity index (χ2v) is 4.70. The summed E-state index contributed by atoms with van der Waals surface area (Å²) < 4.78 is 5.90. The van der Waals surface area contributed by atoms with Crippen LogP contribution in [0.4, 0.5) is 0 Å². The van der Waals surface area contributed by atoms with Gasteiger partial charge in [-0.1, -0.05) is 5.16 Å². The minimum atomic E-state index is -0.616. The number of nitrogens with two attached hydrogens (primary N) is 1. The Balaban J connectivity index is 2.27.